The smallest absolute Gasteiger partial charge is 0.00104 e. The van der Waals surface area contributed by atoms with Crippen LogP contribution in [0.5, 0.6) is 0 Å². The van der Waals surface area contributed by atoms with Crippen LogP contribution in [0.15, 0.2) is 30.3 Å². The molecule has 1 N–H and O–H groups in total. The first-order valence-electron chi connectivity index (χ1n) is 7.88. The van der Waals surface area contributed by atoms with Crippen molar-refractivity contribution in [2.75, 3.05) is 6.54 Å². The molecule has 1 aromatic rings. The molecule has 0 saturated heterocycles. The molecule has 1 aliphatic carbocycles. The van der Waals surface area contributed by atoms with Gasteiger partial charge in [0.15, 0.2) is 0 Å². The van der Waals surface area contributed by atoms with Gasteiger partial charge in [-0.3, -0.25) is 0 Å². The summed E-state index contributed by atoms with van der Waals surface area (Å²) in [5.41, 5.74) is 1.41. The van der Waals surface area contributed by atoms with E-state index in [2.05, 4.69) is 57.3 Å². The fourth-order valence-corrected chi connectivity index (χ4v) is 2.45. The number of rotatable bonds is 4. The van der Waals surface area contributed by atoms with Crippen LogP contribution in [0.25, 0.3) is 0 Å². The molecule has 23 heavy (non-hydrogen) atoms. The first kappa shape index (κ1) is 31.1. The average Bonchev–Trinajstić information content (AvgIpc) is 2.91. The van der Waals surface area contributed by atoms with Gasteiger partial charge in [-0.1, -0.05) is 93.1 Å². The maximum absolute atomic E-state index is 3.49. The van der Waals surface area contributed by atoms with Gasteiger partial charge in [-0.25, -0.2) is 0 Å². The molecule has 135 valence electrons. The summed E-state index contributed by atoms with van der Waals surface area (Å²) in [6, 6.07) is 11.2. The van der Waals surface area contributed by atoms with Crippen LogP contribution in [0.2, 0.25) is 0 Å². The fraction of sp³-hybridized carbons (Fsp3) is 0.714. The Balaban J connectivity index is -0.000000134. The summed E-state index contributed by atoms with van der Waals surface area (Å²) in [7, 11) is 0. The van der Waals surface area contributed by atoms with Crippen molar-refractivity contribution in [2.45, 2.75) is 87.6 Å². The second-order valence-electron chi connectivity index (χ2n) is 6.28. The third-order valence-corrected chi connectivity index (χ3v) is 3.76. The molecule has 1 aliphatic rings. The molecule has 0 atom stereocenters. The molecule has 0 aromatic heterocycles. The molecule has 0 amide bonds. The fourth-order valence-electron chi connectivity index (χ4n) is 2.45. The summed E-state index contributed by atoms with van der Waals surface area (Å²) in [6.45, 7) is 10.1. The topological polar surface area (TPSA) is 12.0 Å². The van der Waals surface area contributed by atoms with Gasteiger partial charge in [0, 0.05) is 38.8 Å². The average molecular weight is 398 g/mol. The van der Waals surface area contributed by atoms with Crippen LogP contribution in [-0.4, -0.2) is 12.6 Å². The van der Waals surface area contributed by atoms with Gasteiger partial charge in [0.25, 0.3) is 0 Å². The summed E-state index contributed by atoms with van der Waals surface area (Å²) in [6.07, 6.45) is 5.84. The van der Waals surface area contributed by atoms with E-state index in [9.17, 15) is 0 Å². The maximum atomic E-state index is 3.49. The van der Waals surface area contributed by atoms with E-state index in [1.807, 2.05) is 6.07 Å². The molecule has 1 radical (unpaired) electrons. The predicted molar refractivity (Wildman–Crippen MR) is 106 cm³/mol. The van der Waals surface area contributed by atoms with Gasteiger partial charge in [-0.2, -0.15) is 0 Å². The standard InChI is InChI=1S/C9H19N.C9H12.3CH4.Y/c1-8(2)10-7-9-5-3-4-6-9;1-8(2)9-6-4-3-5-7-9;;;;/h8-10H,3-7H2,1-2H3;3-8H,1-2H3;3*1H4;. The third-order valence-electron chi connectivity index (χ3n) is 3.76. The summed E-state index contributed by atoms with van der Waals surface area (Å²) >= 11 is 0. The van der Waals surface area contributed by atoms with Gasteiger partial charge in [0.1, 0.15) is 0 Å². The third kappa shape index (κ3) is 15.5. The summed E-state index contributed by atoms with van der Waals surface area (Å²) in [5.74, 6) is 1.65. The normalized spacial score (nSPS) is 13.0. The van der Waals surface area contributed by atoms with Gasteiger partial charge >= 0.3 is 0 Å². The Bertz CT molecular complexity index is 316. The summed E-state index contributed by atoms with van der Waals surface area (Å²) < 4.78 is 0. The largest absolute Gasteiger partial charge is 0.314 e. The van der Waals surface area contributed by atoms with Crippen LogP contribution in [-0.2, 0) is 32.7 Å². The molecule has 1 nitrogen and oxygen atoms in total. The molecule has 0 bridgehead atoms. The molecule has 1 saturated carbocycles. The summed E-state index contributed by atoms with van der Waals surface area (Å²) in [4.78, 5) is 0. The molecule has 2 heteroatoms. The zero-order valence-electron chi connectivity index (χ0n) is 13.7. The Morgan fingerprint density at radius 3 is 1.74 bits per heavy atom. The van der Waals surface area contributed by atoms with Crippen molar-refractivity contribution >= 4 is 0 Å². The molecule has 2 rings (SSSR count). The van der Waals surface area contributed by atoms with Crippen molar-refractivity contribution in [1.29, 1.82) is 0 Å². The van der Waals surface area contributed by atoms with Crippen molar-refractivity contribution in [2.24, 2.45) is 5.92 Å². The number of hydrogen-bond donors (Lipinski definition) is 1. The van der Waals surface area contributed by atoms with E-state index in [0.717, 1.165) is 5.92 Å². The zero-order chi connectivity index (χ0) is 14.1. The molecule has 0 aliphatic heterocycles. The van der Waals surface area contributed by atoms with Gasteiger partial charge in [-0.15, -0.1) is 0 Å². The number of hydrogen-bond acceptors (Lipinski definition) is 1. The van der Waals surface area contributed by atoms with Crippen LogP contribution in [0.4, 0.5) is 0 Å². The van der Waals surface area contributed by atoms with Crippen LogP contribution in [0.1, 0.15) is 87.1 Å². The summed E-state index contributed by atoms with van der Waals surface area (Å²) in [5, 5.41) is 3.49. The number of nitrogens with one attached hydrogen (secondary N) is 1. The van der Waals surface area contributed by atoms with E-state index in [1.54, 1.807) is 0 Å². The molecule has 1 aromatic carbocycles. The second kappa shape index (κ2) is 18.6. The Hall–Kier alpha value is 0.284. The number of benzene rings is 1. The monoisotopic (exact) mass is 398 g/mol. The minimum Gasteiger partial charge on any atom is -0.314 e. The first-order valence-corrected chi connectivity index (χ1v) is 7.88. The Kier molecular flexibility index (Phi) is 25.2. The first-order chi connectivity index (χ1) is 9.09. The van der Waals surface area contributed by atoms with Crippen LogP contribution in [0, 0.1) is 5.92 Å². The van der Waals surface area contributed by atoms with Crippen molar-refractivity contribution in [3.8, 4) is 0 Å². The van der Waals surface area contributed by atoms with Crippen molar-refractivity contribution in [3.63, 3.8) is 0 Å². The minimum atomic E-state index is 0. The van der Waals surface area contributed by atoms with E-state index in [4.69, 9.17) is 0 Å². The van der Waals surface area contributed by atoms with Crippen molar-refractivity contribution in [3.05, 3.63) is 35.9 Å². The van der Waals surface area contributed by atoms with Gasteiger partial charge in [0.2, 0.25) is 0 Å². The van der Waals surface area contributed by atoms with Gasteiger partial charge in [0.05, 0.1) is 0 Å². The van der Waals surface area contributed by atoms with E-state index < -0.39 is 0 Å². The zero-order valence-corrected chi connectivity index (χ0v) is 16.6. The second-order valence-corrected chi connectivity index (χ2v) is 6.28. The SMILES string of the molecule is C.C.C.CC(C)NCC1CCCC1.CC(C)c1ccccc1.[Y]. The Labute approximate surface area is 173 Å². The molecule has 1 fully saturated rings. The van der Waals surface area contributed by atoms with E-state index in [-0.39, 0.29) is 55.0 Å². The van der Waals surface area contributed by atoms with E-state index in [0.29, 0.717) is 12.0 Å². The van der Waals surface area contributed by atoms with Crippen LogP contribution in [0.3, 0.4) is 0 Å². The quantitative estimate of drug-likeness (QED) is 0.582. The minimum absolute atomic E-state index is 0. The van der Waals surface area contributed by atoms with Crippen LogP contribution < -0.4 is 5.32 Å². The van der Waals surface area contributed by atoms with Crippen molar-refractivity contribution in [1.82, 2.24) is 5.32 Å². The van der Waals surface area contributed by atoms with Gasteiger partial charge in [-0.05, 0) is 36.8 Å². The van der Waals surface area contributed by atoms with E-state index in [1.165, 1.54) is 37.8 Å². The Morgan fingerprint density at radius 2 is 1.39 bits per heavy atom. The molecule has 0 heterocycles. The van der Waals surface area contributed by atoms with Crippen LogP contribution >= 0.6 is 0 Å². The van der Waals surface area contributed by atoms with E-state index >= 15 is 0 Å². The molecular formula is C21H43NY. The van der Waals surface area contributed by atoms with Crippen molar-refractivity contribution < 1.29 is 32.7 Å². The Morgan fingerprint density at radius 1 is 0.913 bits per heavy atom. The molecule has 0 spiro atoms. The van der Waals surface area contributed by atoms with Gasteiger partial charge < -0.3 is 5.32 Å². The molecular weight excluding hydrogens is 355 g/mol. The molecule has 0 unspecified atom stereocenters. The maximum Gasteiger partial charge on any atom is 0.00104 e. The predicted octanol–water partition coefficient (Wildman–Crippen LogP) is 6.89.